The lowest BCUT2D eigenvalue weighted by Gasteiger charge is -2.22. The molecule has 7 rings (SSSR count). The average molecular weight is 1530 g/mol. The summed E-state index contributed by atoms with van der Waals surface area (Å²) in [5.41, 5.74) is 1.98. The molecular formula is C69H85F6N3O17S6. The molecular weight excluding hydrogens is 1450 g/mol. The van der Waals surface area contributed by atoms with Gasteiger partial charge >= 0.3 is 0 Å². The molecule has 0 aliphatic carbocycles. The first-order chi connectivity index (χ1) is 47.3. The van der Waals surface area contributed by atoms with E-state index in [9.17, 15) is 102 Å². The van der Waals surface area contributed by atoms with Gasteiger partial charge in [0.1, 0.15) is 23.3 Å². The summed E-state index contributed by atoms with van der Waals surface area (Å²) in [6.45, 7) is 9.03. The smallest absolute Gasteiger partial charge is 0.256 e. The summed E-state index contributed by atoms with van der Waals surface area (Å²) in [5, 5.41) is 47.8. The van der Waals surface area contributed by atoms with Gasteiger partial charge in [-0.3, -0.25) is 0 Å². The van der Waals surface area contributed by atoms with Gasteiger partial charge in [0.25, 0.3) is 60.1 Å². The zero-order valence-electron chi connectivity index (χ0n) is 56.6. The van der Waals surface area contributed by atoms with Crippen LogP contribution < -0.4 is 0 Å². The quantitative estimate of drug-likeness (QED) is 0.0142. The zero-order chi connectivity index (χ0) is 75.4. The standard InChI is InChI=1S/C27H33NO6S2.C21H25F4NO5S2.C21H27F2NO6S2/c1-3-4-5-6-7-8-19-28(36(33,34)25-17-18-26(29)27(30)20-25)35(31,32)24-15-13-23(14-16-24)22-11-9-21(2)10-12-22;1-3-4-5-6-7-8-9-26(32(28,29)15-10-17(22)14(2)18(23)11-15)33(30,31)16-12-19(24)21(27)20(25)13-16;1-3-4-5-6-7-8-11-24(31(27,28)16-9-10-20(25)21(26)14-16)32(29,30)17-12-18(22)15(2)19(23)13-17/h9-18,20,29-30H,3-8,19H2,1-2H3;10-13,27H,3-9H2,1-2H3;9-10,12-14,25-26H,3-8,11H2,1-2H3. The molecule has 5 N–H and O–H groups in total. The summed E-state index contributed by atoms with van der Waals surface area (Å²) < 4.78 is 244. The predicted molar refractivity (Wildman–Crippen MR) is 370 cm³/mol. The minimum atomic E-state index is -5.09. The Hall–Kier alpha value is -7.30. The van der Waals surface area contributed by atoms with Gasteiger partial charge in [0.15, 0.2) is 40.4 Å². The van der Waals surface area contributed by atoms with Crippen LogP contribution in [0.25, 0.3) is 11.1 Å². The lowest BCUT2D eigenvalue weighted by molar-refractivity contribution is 0.393. The fourth-order valence-electron chi connectivity index (χ4n) is 10.0. The highest BCUT2D eigenvalue weighted by Gasteiger charge is 2.41. The molecule has 0 atom stereocenters. The number of aryl methyl sites for hydroxylation is 1. The number of nitrogens with zero attached hydrogens (tertiary/aromatic N) is 3. The van der Waals surface area contributed by atoms with Crippen molar-refractivity contribution in [1.82, 2.24) is 11.1 Å². The Bertz CT molecular complexity index is 4540. The monoisotopic (exact) mass is 1530 g/mol. The number of sulfonamides is 6. The number of rotatable bonds is 34. The van der Waals surface area contributed by atoms with Crippen LogP contribution in [0.4, 0.5) is 26.3 Å². The molecule has 0 aliphatic heterocycles. The second kappa shape index (κ2) is 37.2. The molecule has 101 heavy (non-hydrogen) atoms. The fraction of sp³-hybridized carbons (Fsp3) is 0.391. The number of hydrogen-bond donors (Lipinski definition) is 5. The minimum absolute atomic E-state index is 0.0192. The van der Waals surface area contributed by atoms with E-state index in [-0.39, 0.29) is 43.8 Å². The van der Waals surface area contributed by atoms with E-state index in [2.05, 4.69) is 6.92 Å². The number of halogens is 6. The Labute approximate surface area is 588 Å². The highest BCUT2D eigenvalue weighted by Crippen LogP contribution is 2.36. The van der Waals surface area contributed by atoms with Crippen LogP contribution in [0.15, 0.2) is 151 Å². The lowest BCUT2D eigenvalue weighted by Crippen LogP contribution is -2.38. The van der Waals surface area contributed by atoms with Gasteiger partial charge in [-0.25, -0.2) is 76.8 Å². The SMILES string of the molecule is CCCCCCCCN(S(=O)(=O)c1cc(F)c(C)c(F)c1)S(=O)(=O)c1cc(F)c(O)c(F)c1.CCCCCCCCN(S(=O)(=O)c1ccc(-c2ccc(C)cc2)cc1)S(=O)(=O)c1ccc(O)c(O)c1.CCCCCCCCN(S(=O)(=O)c1ccc(O)c(O)c1)S(=O)(=O)c1cc(F)c(C)c(F)c1. The van der Waals surface area contributed by atoms with Crippen LogP contribution in [0.2, 0.25) is 0 Å². The summed E-state index contributed by atoms with van der Waals surface area (Å²) in [6.07, 6.45) is 13.5. The van der Waals surface area contributed by atoms with Gasteiger partial charge < -0.3 is 25.5 Å². The van der Waals surface area contributed by atoms with Crippen LogP contribution in [0.1, 0.15) is 153 Å². The molecule has 0 heterocycles. The molecule has 0 spiro atoms. The molecule has 32 heteroatoms. The van der Waals surface area contributed by atoms with E-state index in [1.54, 1.807) is 12.1 Å². The van der Waals surface area contributed by atoms with Gasteiger partial charge in [-0.05, 0) is 124 Å². The zero-order valence-corrected chi connectivity index (χ0v) is 61.5. The maximum absolute atomic E-state index is 14.0. The molecule has 0 bridgehead atoms. The van der Waals surface area contributed by atoms with Gasteiger partial charge in [-0.1, -0.05) is 170 Å². The van der Waals surface area contributed by atoms with Gasteiger partial charge in [-0.2, -0.15) is 0 Å². The Kier molecular flexibility index (Phi) is 31.1. The van der Waals surface area contributed by atoms with Crippen molar-refractivity contribution in [1.29, 1.82) is 0 Å². The number of hydrogen-bond acceptors (Lipinski definition) is 17. The molecule has 20 nitrogen and oxygen atoms in total. The fourth-order valence-corrected chi connectivity index (χ4v) is 21.3. The molecule has 0 fully saturated rings. The van der Waals surface area contributed by atoms with E-state index in [4.69, 9.17) is 0 Å². The van der Waals surface area contributed by atoms with Crippen LogP contribution in [0.3, 0.4) is 0 Å². The Morgan fingerprint density at radius 2 is 0.515 bits per heavy atom. The Balaban J connectivity index is 0.000000274. The third-order valence-electron chi connectivity index (χ3n) is 16.1. The first kappa shape index (κ1) is 84.4. The van der Waals surface area contributed by atoms with Crippen molar-refractivity contribution < 1.29 is 102 Å². The predicted octanol–water partition coefficient (Wildman–Crippen LogP) is 15.2. The maximum atomic E-state index is 14.0. The van der Waals surface area contributed by atoms with Crippen LogP contribution in [0, 0.1) is 55.7 Å². The molecule has 0 saturated carbocycles. The van der Waals surface area contributed by atoms with Gasteiger partial charge in [0.2, 0.25) is 0 Å². The van der Waals surface area contributed by atoms with Crippen molar-refractivity contribution in [3.8, 4) is 39.9 Å². The average Bonchev–Trinajstić information content (AvgIpc) is 0.763. The number of aromatic hydroxyl groups is 5. The van der Waals surface area contributed by atoms with Crippen molar-refractivity contribution in [3.63, 3.8) is 0 Å². The molecule has 0 radical (unpaired) electrons. The minimum Gasteiger partial charge on any atom is -0.504 e. The highest BCUT2D eigenvalue weighted by molar-refractivity contribution is 8.05. The van der Waals surface area contributed by atoms with Crippen molar-refractivity contribution >= 4 is 60.1 Å². The molecule has 7 aromatic rings. The molecule has 0 aromatic heterocycles. The van der Waals surface area contributed by atoms with Crippen molar-refractivity contribution in [2.75, 3.05) is 19.6 Å². The van der Waals surface area contributed by atoms with Crippen molar-refractivity contribution in [3.05, 3.63) is 173 Å². The van der Waals surface area contributed by atoms with Crippen LogP contribution in [-0.2, 0) is 60.1 Å². The summed E-state index contributed by atoms with van der Waals surface area (Å²) in [5.74, 6) is -11.8. The highest BCUT2D eigenvalue weighted by atomic mass is 32.3. The van der Waals surface area contributed by atoms with Crippen molar-refractivity contribution in [2.45, 2.75) is 186 Å². The van der Waals surface area contributed by atoms with E-state index in [0.29, 0.717) is 66.1 Å². The van der Waals surface area contributed by atoms with E-state index < -0.39 is 172 Å². The third kappa shape index (κ3) is 21.9. The molecule has 7 aromatic carbocycles. The van der Waals surface area contributed by atoms with Crippen LogP contribution in [0.5, 0.6) is 28.7 Å². The lowest BCUT2D eigenvalue weighted by atomic mass is 10.0. The largest absolute Gasteiger partial charge is 0.504 e. The van der Waals surface area contributed by atoms with Gasteiger partial charge in [0.05, 0.1) is 29.4 Å². The second-order valence-electron chi connectivity index (χ2n) is 23.8. The van der Waals surface area contributed by atoms with Crippen molar-refractivity contribution in [2.24, 2.45) is 0 Å². The Morgan fingerprint density at radius 3 is 0.802 bits per heavy atom. The van der Waals surface area contributed by atoms with E-state index in [1.807, 2.05) is 45.0 Å². The first-order valence-electron chi connectivity index (χ1n) is 32.5. The molecule has 0 saturated heterocycles. The van der Waals surface area contributed by atoms with Gasteiger partial charge in [0, 0.05) is 42.9 Å². The number of benzene rings is 7. The molecule has 556 valence electrons. The topological polar surface area (TPSA) is 316 Å². The van der Waals surface area contributed by atoms with E-state index in [0.717, 1.165) is 131 Å². The summed E-state index contributed by atoms with van der Waals surface area (Å²) in [4.78, 5) is -4.01. The number of phenols is 5. The summed E-state index contributed by atoms with van der Waals surface area (Å²) in [6, 6.07) is 22.1. The number of unbranched alkanes of at least 4 members (excludes halogenated alkanes) is 15. The first-order valence-corrected chi connectivity index (χ1v) is 41.1. The second-order valence-corrected chi connectivity index (χ2v) is 35.6. The third-order valence-corrected chi connectivity index (χ3v) is 29.0. The molecule has 0 unspecified atom stereocenters. The van der Waals surface area contributed by atoms with Gasteiger partial charge in [-0.15, -0.1) is 0 Å². The Morgan fingerprint density at radius 1 is 0.277 bits per heavy atom. The molecule has 0 amide bonds. The number of phenolic OH excluding ortho intramolecular Hbond substituents is 5. The van der Waals surface area contributed by atoms with E-state index >= 15 is 0 Å². The summed E-state index contributed by atoms with van der Waals surface area (Å²) in [7, 11) is -28.7. The van der Waals surface area contributed by atoms with Crippen LogP contribution >= 0.6 is 0 Å². The van der Waals surface area contributed by atoms with Crippen LogP contribution in [-0.4, -0.2) is 107 Å². The van der Waals surface area contributed by atoms with E-state index in [1.165, 1.54) is 12.1 Å². The molecule has 0 aliphatic rings. The summed E-state index contributed by atoms with van der Waals surface area (Å²) >= 11 is 0. The maximum Gasteiger partial charge on any atom is 0.256 e. The normalized spacial score (nSPS) is 12.3.